The second-order valence-electron chi connectivity index (χ2n) is 4.28. The lowest BCUT2D eigenvalue weighted by Gasteiger charge is -2.09. The number of aromatic nitrogens is 2. The maximum absolute atomic E-state index is 6.12. The Hall–Kier alpha value is -1.56. The van der Waals surface area contributed by atoms with Gasteiger partial charge in [-0.15, -0.1) is 0 Å². The molecular weight excluding hydrogens is 297 g/mol. The fourth-order valence-electron chi connectivity index (χ4n) is 1.77. The van der Waals surface area contributed by atoms with Crippen LogP contribution in [0.5, 0.6) is 0 Å². The Balaban J connectivity index is 1.97. The summed E-state index contributed by atoms with van der Waals surface area (Å²) in [7, 11) is 0. The summed E-state index contributed by atoms with van der Waals surface area (Å²) >= 11 is 12.0. The highest BCUT2D eigenvalue weighted by Crippen LogP contribution is 2.21. The fraction of sp³-hybridized carbons (Fsp3) is 0.231. The number of nitrogens with one attached hydrogen (secondary N) is 2. The van der Waals surface area contributed by atoms with Crippen molar-refractivity contribution in [3.05, 3.63) is 45.6 Å². The minimum atomic E-state index is 0.386. The maximum atomic E-state index is 6.12. The van der Waals surface area contributed by atoms with E-state index in [1.54, 1.807) is 6.07 Å². The number of aryl methyl sites for hydroxylation is 1. The molecule has 0 saturated carbocycles. The molecule has 1 heterocycles. The highest BCUT2D eigenvalue weighted by Gasteiger charge is 2.03. The van der Waals surface area contributed by atoms with Gasteiger partial charge in [0.2, 0.25) is 5.95 Å². The molecule has 0 radical (unpaired) electrons. The Morgan fingerprint density at radius 1 is 1.20 bits per heavy atom. The smallest absolute Gasteiger partial charge is 0.239 e. The lowest BCUT2D eigenvalue weighted by molar-refractivity contribution is 0.990. The second-order valence-corrected chi connectivity index (χ2v) is 5.12. The molecule has 5 nitrogen and oxygen atoms in total. The van der Waals surface area contributed by atoms with Gasteiger partial charge in [0.25, 0.3) is 0 Å². The van der Waals surface area contributed by atoms with Crippen molar-refractivity contribution in [3.63, 3.8) is 0 Å². The zero-order valence-corrected chi connectivity index (χ0v) is 12.5. The molecule has 0 spiro atoms. The summed E-state index contributed by atoms with van der Waals surface area (Å²) in [6.07, 6.45) is 0.768. The maximum Gasteiger partial charge on any atom is 0.239 e. The zero-order valence-electron chi connectivity index (χ0n) is 11.0. The molecule has 7 heteroatoms. The van der Waals surface area contributed by atoms with E-state index in [1.165, 1.54) is 0 Å². The largest absolute Gasteiger partial charge is 0.370 e. The Morgan fingerprint density at radius 3 is 2.70 bits per heavy atom. The topological polar surface area (TPSA) is 75.9 Å². The predicted molar refractivity (Wildman–Crippen MR) is 83.2 cm³/mol. The summed E-state index contributed by atoms with van der Waals surface area (Å²) in [4.78, 5) is 8.33. The Kier molecular flexibility index (Phi) is 5.00. The van der Waals surface area contributed by atoms with Gasteiger partial charge in [0.15, 0.2) is 0 Å². The first kappa shape index (κ1) is 14.8. The van der Waals surface area contributed by atoms with E-state index >= 15 is 0 Å². The van der Waals surface area contributed by atoms with Gasteiger partial charge in [-0.05, 0) is 31.0 Å². The van der Waals surface area contributed by atoms with Crippen LogP contribution in [0.1, 0.15) is 11.3 Å². The molecule has 0 aliphatic rings. The SMILES string of the molecule is Cc1cc(NCCc2ccc(Cl)cc2Cl)nc(NN)n1. The van der Waals surface area contributed by atoms with Crippen molar-refractivity contribution in [3.8, 4) is 0 Å². The Morgan fingerprint density at radius 2 is 2.00 bits per heavy atom. The van der Waals surface area contributed by atoms with Crippen LogP contribution in [-0.2, 0) is 6.42 Å². The molecule has 0 saturated heterocycles. The van der Waals surface area contributed by atoms with Gasteiger partial charge in [0, 0.05) is 28.4 Å². The summed E-state index contributed by atoms with van der Waals surface area (Å²) in [6, 6.07) is 7.34. The standard InChI is InChI=1S/C13H15Cl2N5/c1-8-6-12(19-13(18-8)20-16)17-5-4-9-2-3-10(14)7-11(9)15/h2-3,6-7H,4-5,16H2,1H3,(H2,17,18,19,20). The number of rotatable bonds is 5. The molecule has 2 rings (SSSR count). The van der Waals surface area contributed by atoms with Crippen molar-refractivity contribution in [2.45, 2.75) is 13.3 Å². The minimum Gasteiger partial charge on any atom is -0.370 e. The van der Waals surface area contributed by atoms with E-state index in [-0.39, 0.29) is 0 Å². The summed E-state index contributed by atoms with van der Waals surface area (Å²) in [5.74, 6) is 6.41. The first-order valence-corrected chi connectivity index (χ1v) is 6.84. The monoisotopic (exact) mass is 311 g/mol. The van der Waals surface area contributed by atoms with Crippen LogP contribution in [0.4, 0.5) is 11.8 Å². The van der Waals surface area contributed by atoms with E-state index in [0.717, 1.165) is 23.5 Å². The molecule has 0 aliphatic heterocycles. The summed E-state index contributed by atoms with van der Waals surface area (Å²) in [5, 5.41) is 4.52. The Labute approximate surface area is 127 Å². The molecule has 106 valence electrons. The van der Waals surface area contributed by atoms with Crippen LogP contribution < -0.4 is 16.6 Å². The lowest BCUT2D eigenvalue weighted by Crippen LogP contribution is -2.13. The number of nitrogens with two attached hydrogens (primary N) is 1. The highest BCUT2D eigenvalue weighted by atomic mass is 35.5. The van der Waals surface area contributed by atoms with Gasteiger partial charge in [0.1, 0.15) is 5.82 Å². The molecule has 2 aromatic rings. The van der Waals surface area contributed by atoms with E-state index in [0.29, 0.717) is 22.5 Å². The van der Waals surface area contributed by atoms with E-state index in [2.05, 4.69) is 20.7 Å². The minimum absolute atomic E-state index is 0.386. The van der Waals surface area contributed by atoms with Crippen LogP contribution in [0.2, 0.25) is 10.0 Å². The normalized spacial score (nSPS) is 10.4. The van der Waals surface area contributed by atoms with Crippen LogP contribution in [0, 0.1) is 6.92 Å². The average Bonchev–Trinajstić information content (AvgIpc) is 2.40. The first-order chi connectivity index (χ1) is 9.58. The number of anilines is 2. The van der Waals surface area contributed by atoms with Gasteiger partial charge < -0.3 is 5.32 Å². The molecule has 0 fully saturated rings. The number of nitrogens with zero attached hydrogens (tertiary/aromatic N) is 2. The number of hydrogen-bond acceptors (Lipinski definition) is 5. The quantitative estimate of drug-likeness (QED) is 0.584. The molecule has 1 aromatic heterocycles. The second kappa shape index (κ2) is 6.74. The van der Waals surface area contributed by atoms with Gasteiger partial charge in [0.05, 0.1) is 0 Å². The van der Waals surface area contributed by atoms with E-state index < -0.39 is 0 Å². The number of halogens is 2. The van der Waals surface area contributed by atoms with Gasteiger partial charge >= 0.3 is 0 Å². The fourth-order valence-corrected chi connectivity index (χ4v) is 2.28. The molecule has 20 heavy (non-hydrogen) atoms. The van der Waals surface area contributed by atoms with Crippen molar-refractivity contribution < 1.29 is 0 Å². The van der Waals surface area contributed by atoms with Gasteiger partial charge in [-0.2, -0.15) is 4.98 Å². The number of hydrazine groups is 1. The van der Waals surface area contributed by atoms with Crippen LogP contribution in [0.3, 0.4) is 0 Å². The average molecular weight is 312 g/mol. The molecule has 4 N–H and O–H groups in total. The van der Waals surface area contributed by atoms with Gasteiger partial charge in [-0.25, -0.2) is 10.8 Å². The molecule has 0 bridgehead atoms. The van der Waals surface area contributed by atoms with Crippen LogP contribution >= 0.6 is 23.2 Å². The van der Waals surface area contributed by atoms with Crippen molar-refractivity contribution in [1.29, 1.82) is 0 Å². The first-order valence-electron chi connectivity index (χ1n) is 6.08. The molecule has 0 aliphatic carbocycles. The molecule has 0 amide bonds. The number of nitrogen functional groups attached to an aromatic ring is 1. The molecular formula is C13H15Cl2N5. The number of benzene rings is 1. The van der Waals surface area contributed by atoms with Gasteiger partial charge in [-0.1, -0.05) is 29.3 Å². The van der Waals surface area contributed by atoms with E-state index in [1.807, 2.05) is 25.1 Å². The van der Waals surface area contributed by atoms with Crippen molar-refractivity contribution >= 4 is 35.0 Å². The number of hydrogen-bond donors (Lipinski definition) is 3. The lowest BCUT2D eigenvalue weighted by atomic mass is 10.1. The van der Waals surface area contributed by atoms with Crippen LogP contribution in [-0.4, -0.2) is 16.5 Å². The summed E-state index contributed by atoms with van der Waals surface area (Å²) in [6.45, 7) is 2.57. The van der Waals surface area contributed by atoms with Crippen molar-refractivity contribution in [2.75, 3.05) is 17.3 Å². The Bertz CT molecular complexity index is 603. The van der Waals surface area contributed by atoms with Crippen LogP contribution in [0.25, 0.3) is 0 Å². The third-order valence-corrected chi connectivity index (χ3v) is 3.29. The highest BCUT2D eigenvalue weighted by molar-refractivity contribution is 6.35. The summed E-state index contributed by atoms with van der Waals surface area (Å²) < 4.78 is 0. The van der Waals surface area contributed by atoms with Gasteiger partial charge in [-0.3, -0.25) is 5.43 Å². The van der Waals surface area contributed by atoms with E-state index in [4.69, 9.17) is 29.0 Å². The van der Waals surface area contributed by atoms with Crippen molar-refractivity contribution in [2.24, 2.45) is 5.84 Å². The zero-order chi connectivity index (χ0) is 14.5. The predicted octanol–water partition coefficient (Wildman–Crippen LogP) is 3.03. The molecule has 0 atom stereocenters. The molecule has 0 unspecified atom stereocenters. The van der Waals surface area contributed by atoms with E-state index in [9.17, 15) is 0 Å². The third kappa shape index (κ3) is 3.96. The third-order valence-electron chi connectivity index (χ3n) is 2.70. The van der Waals surface area contributed by atoms with Crippen LogP contribution in [0.15, 0.2) is 24.3 Å². The molecule has 1 aromatic carbocycles. The van der Waals surface area contributed by atoms with Crippen molar-refractivity contribution in [1.82, 2.24) is 9.97 Å². The summed E-state index contributed by atoms with van der Waals surface area (Å²) in [5.41, 5.74) is 4.30.